The highest BCUT2D eigenvalue weighted by Crippen LogP contribution is 2.36. The van der Waals surface area contributed by atoms with Crippen molar-refractivity contribution in [2.45, 2.75) is 25.7 Å². The van der Waals surface area contributed by atoms with E-state index in [2.05, 4.69) is 15.3 Å². The number of hydrogen-bond donors (Lipinski definition) is 1. The number of amides is 1. The smallest absolute Gasteiger partial charge is 0.258 e. The van der Waals surface area contributed by atoms with Crippen molar-refractivity contribution >= 4 is 17.6 Å². The van der Waals surface area contributed by atoms with Crippen molar-refractivity contribution in [2.24, 2.45) is 0 Å². The van der Waals surface area contributed by atoms with Crippen LogP contribution in [-0.4, -0.2) is 35.9 Å². The second-order valence-corrected chi connectivity index (χ2v) is 7.52. The predicted octanol–water partition coefficient (Wildman–Crippen LogP) is 3.97. The summed E-state index contributed by atoms with van der Waals surface area (Å²) in [7, 11) is 3.17. The fraction of sp³-hybridized carbons (Fsp3) is 0.250. The molecular formula is C24H23N3O4. The molecule has 1 amide bonds. The molecule has 1 heterocycles. The van der Waals surface area contributed by atoms with Gasteiger partial charge in [0.15, 0.2) is 17.3 Å². The molecule has 0 saturated heterocycles. The van der Waals surface area contributed by atoms with Crippen LogP contribution in [0.1, 0.15) is 49.9 Å². The van der Waals surface area contributed by atoms with Gasteiger partial charge in [-0.1, -0.05) is 23.8 Å². The maximum absolute atomic E-state index is 12.7. The molecule has 4 rings (SSSR count). The van der Waals surface area contributed by atoms with Crippen molar-refractivity contribution < 1.29 is 19.1 Å². The number of nitrogens with one attached hydrogen (secondary N) is 1. The molecule has 0 fully saturated rings. The van der Waals surface area contributed by atoms with Crippen LogP contribution in [0.2, 0.25) is 0 Å². The summed E-state index contributed by atoms with van der Waals surface area (Å²) in [6.07, 6.45) is 2.42. The Kier molecular flexibility index (Phi) is 5.66. The summed E-state index contributed by atoms with van der Waals surface area (Å²) in [6.45, 7) is 1.96. The number of carbonyl (C=O) groups excluding carboxylic acids is 2. The monoisotopic (exact) mass is 417 g/mol. The number of aromatic nitrogens is 2. The minimum atomic E-state index is -0.293. The van der Waals surface area contributed by atoms with Gasteiger partial charge in [0.1, 0.15) is 0 Å². The lowest BCUT2D eigenvalue weighted by Gasteiger charge is -2.24. The first kappa shape index (κ1) is 20.5. The van der Waals surface area contributed by atoms with Gasteiger partial charge >= 0.3 is 0 Å². The van der Waals surface area contributed by atoms with E-state index in [1.165, 1.54) is 6.20 Å². The number of Topliss-reactive ketones (excluding diaryl/α,β-unsaturated/α-hetero) is 1. The lowest BCUT2D eigenvalue weighted by molar-refractivity contribution is 0.0962. The highest BCUT2D eigenvalue weighted by Gasteiger charge is 2.29. The molecular weight excluding hydrogens is 394 g/mol. The average Bonchev–Trinajstić information content (AvgIpc) is 2.78. The van der Waals surface area contributed by atoms with Crippen LogP contribution in [0.25, 0.3) is 0 Å². The van der Waals surface area contributed by atoms with Crippen LogP contribution in [-0.2, 0) is 6.42 Å². The van der Waals surface area contributed by atoms with E-state index < -0.39 is 0 Å². The molecule has 158 valence electrons. The van der Waals surface area contributed by atoms with Gasteiger partial charge in [0.25, 0.3) is 5.91 Å². The number of rotatable bonds is 5. The molecule has 1 aliphatic rings. The second-order valence-electron chi connectivity index (χ2n) is 7.52. The quantitative estimate of drug-likeness (QED) is 0.676. The number of anilines is 1. The van der Waals surface area contributed by atoms with Gasteiger partial charge in [-0.05, 0) is 49.1 Å². The van der Waals surface area contributed by atoms with Crippen LogP contribution in [0, 0.1) is 6.92 Å². The second kappa shape index (κ2) is 8.55. The van der Waals surface area contributed by atoms with E-state index in [-0.39, 0.29) is 23.6 Å². The summed E-state index contributed by atoms with van der Waals surface area (Å²) in [5.74, 6) is 1.08. The van der Waals surface area contributed by atoms with Gasteiger partial charge in [0.2, 0.25) is 5.95 Å². The van der Waals surface area contributed by atoms with Gasteiger partial charge in [-0.15, -0.1) is 0 Å². The lowest BCUT2D eigenvalue weighted by Crippen LogP contribution is -2.22. The van der Waals surface area contributed by atoms with Gasteiger partial charge in [-0.2, -0.15) is 0 Å². The third-order valence-electron chi connectivity index (χ3n) is 5.46. The summed E-state index contributed by atoms with van der Waals surface area (Å²) in [5, 5.41) is 2.72. The van der Waals surface area contributed by atoms with E-state index in [9.17, 15) is 9.59 Å². The van der Waals surface area contributed by atoms with Crippen LogP contribution in [0.4, 0.5) is 5.95 Å². The number of carbonyl (C=O) groups is 2. The van der Waals surface area contributed by atoms with Crippen molar-refractivity contribution in [3.05, 3.63) is 76.6 Å². The zero-order chi connectivity index (χ0) is 22.0. The first-order valence-corrected chi connectivity index (χ1v) is 9.97. The first-order chi connectivity index (χ1) is 15.0. The van der Waals surface area contributed by atoms with Crippen LogP contribution in [0.3, 0.4) is 0 Å². The Morgan fingerprint density at radius 3 is 2.48 bits per heavy atom. The Morgan fingerprint density at radius 2 is 1.77 bits per heavy atom. The van der Waals surface area contributed by atoms with Gasteiger partial charge in [-0.25, -0.2) is 9.97 Å². The molecule has 0 radical (unpaired) electrons. The molecule has 0 aliphatic heterocycles. The van der Waals surface area contributed by atoms with Crippen molar-refractivity contribution in [3.8, 4) is 11.5 Å². The van der Waals surface area contributed by atoms with Gasteiger partial charge < -0.3 is 9.47 Å². The number of aryl methyl sites for hydroxylation is 1. The number of fused-ring (bicyclic) bond motifs is 1. The highest BCUT2D eigenvalue weighted by atomic mass is 16.5. The summed E-state index contributed by atoms with van der Waals surface area (Å²) < 4.78 is 10.7. The molecule has 1 aromatic heterocycles. The molecule has 0 unspecified atom stereocenters. The minimum Gasteiger partial charge on any atom is -0.493 e. The largest absolute Gasteiger partial charge is 0.493 e. The van der Waals surface area contributed by atoms with Crippen LogP contribution < -0.4 is 14.8 Å². The fourth-order valence-corrected chi connectivity index (χ4v) is 3.73. The third-order valence-corrected chi connectivity index (χ3v) is 5.46. The Labute approximate surface area is 180 Å². The molecule has 7 heteroatoms. The van der Waals surface area contributed by atoms with Crippen LogP contribution in [0.15, 0.2) is 48.7 Å². The highest BCUT2D eigenvalue weighted by molar-refractivity contribution is 6.03. The molecule has 0 bridgehead atoms. The van der Waals surface area contributed by atoms with Gasteiger partial charge in [0, 0.05) is 18.2 Å². The molecule has 0 saturated carbocycles. The molecule has 3 aromatic rings. The third kappa shape index (κ3) is 4.26. The Balaban J connectivity index is 1.57. The Hall–Kier alpha value is -3.74. The molecule has 1 N–H and O–H groups in total. The number of benzene rings is 2. The number of nitrogens with zero attached hydrogens (tertiary/aromatic N) is 2. The van der Waals surface area contributed by atoms with Gasteiger partial charge in [-0.3, -0.25) is 14.9 Å². The average molecular weight is 417 g/mol. The van der Waals surface area contributed by atoms with Crippen molar-refractivity contribution in [3.63, 3.8) is 0 Å². The van der Waals surface area contributed by atoms with Crippen LogP contribution >= 0.6 is 0 Å². The van der Waals surface area contributed by atoms with E-state index in [0.29, 0.717) is 41.2 Å². The van der Waals surface area contributed by atoms with Crippen LogP contribution in [0.5, 0.6) is 11.5 Å². The van der Waals surface area contributed by atoms with E-state index >= 15 is 0 Å². The van der Waals surface area contributed by atoms with E-state index in [0.717, 1.165) is 11.1 Å². The van der Waals surface area contributed by atoms with Crippen molar-refractivity contribution in [1.82, 2.24) is 9.97 Å². The SMILES string of the molecule is COc1ccc([C@H]2CC(=O)c3cnc(NC(=O)c4ccc(C)cc4)nc3C2)cc1OC. The van der Waals surface area contributed by atoms with E-state index in [4.69, 9.17) is 9.47 Å². The zero-order valence-electron chi connectivity index (χ0n) is 17.6. The molecule has 7 nitrogen and oxygen atoms in total. The molecule has 0 spiro atoms. The van der Waals surface area contributed by atoms with E-state index in [1.807, 2.05) is 37.3 Å². The van der Waals surface area contributed by atoms with Gasteiger partial charge in [0.05, 0.1) is 25.5 Å². The summed E-state index contributed by atoms with van der Waals surface area (Å²) >= 11 is 0. The molecule has 2 aromatic carbocycles. The van der Waals surface area contributed by atoms with Crippen molar-refractivity contribution in [1.29, 1.82) is 0 Å². The molecule has 31 heavy (non-hydrogen) atoms. The lowest BCUT2D eigenvalue weighted by atomic mass is 9.82. The standard InChI is InChI=1S/C24H23N3O4/c1-14-4-6-15(7-5-14)23(29)27-24-25-13-18-19(26-24)10-17(11-20(18)28)16-8-9-21(30-2)22(12-16)31-3/h4-9,12-13,17H,10-11H2,1-3H3,(H,25,26,27,29)/t17-/m1/s1. The maximum atomic E-state index is 12.7. The number of hydrogen-bond acceptors (Lipinski definition) is 6. The Morgan fingerprint density at radius 1 is 1.03 bits per heavy atom. The summed E-state index contributed by atoms with van der Waals surface area (Å²) in [5.41, 5.74) is 3.70. The maximum Gasteiger partial charge on any atom is 0.258 e. The first-order valence-electron chi connectivity index (χ1n) is 9.97. The zero-order valence-corrected chi connectivity index (χ0v) is 17.6. The summed E-state index contributed by atoms with van der Waals surface area (Å²) in [6, 6.07) is 12.9. The summed E-state index contributed by atoms with van der Waals surface area (Å²) in [4.78, 5) is 33.9. The molecule has 1 atom stereocenters. The van der Waals surface area contributed by atoms with Crippen molar-refractivity contribution in [2.75, 3.05) is 19.5 Å². The number of ketones is 1. The van der Waals surface area contributed by atoms with E-state index in [1.54, 1.807) is 26.4 Å². The number of methoxy groups -OCH3 is 2. The topological polar surface area (TPSA) is 90.4 Å². The number of ether oxygens (including phenoxy) is 2. The Bertz CT molecular complexity index is 1140. The fourth-order valence-electron chi connectivity index (χ4n) is 3.73. The minimum absolute atomic E-state index is 0.0163. The molecule has 1 aliphatic carbocycles. The predicted molar refractivity (Wildman–Crippen MR) is 116 cm³/mol. The normalized spacial score (nSPS) is 15.2.